The van der Waals surface area contributed by atoms with Crippen molar-refractivity contribution < 1.29 is 24.2 Å². The molecule has 0 aromatic heterocycles. The number of carbonyl (C=O) groups is 2. The molecular weight excluding hydrogens is 513 g/mol. The Labute approximate surface area is 226 Å². The van der Waals surface area contributed by atoms with Crippen molar-refractivity contribution in [3.8, 4) is 11.5 Å². The van der Waals surface area contributed by atoms with E-state index in [1.165, 1.54) is 24.1 Å². The summed E-state index contributed by atoms with van der Waals surface area (Å²) in [5.74, 6) is -1.06. The van der Waals surface area contributed by atoms with Crippen LogP contribution in [-0.2, 0) is 9.59 Å². The third kappa shape index (κ3) is 5.04. The minimum atomic E-state index is -0.916. The topological polar surface area (TPSA) is 76.1 Å². The van der Waals surface area contributed by atoms with Crippen molar-refractivity contribution in [2.45, 2.75) is 32.7 Å². The van der Waals surface area contributed by atoms with Gasteiger partial charge in [-0.1, -0.05) is 67.4 Å². The number of anilines is 1. The molecular formula is C29H27Cl2NO5. The van der Waals surface area contributed by atoms with Crippen LogP contribution in [0.4, 0.5) is 5.69 Å². The number of rotatable bonds is 7. The summed E-state index contributed by atoms with van der Waals surface area (Å²) in [6.07, 6.45) is 0. The van der Waals surface area contributed by atoms with Gasteiger partial charge in [0, 0.05) is 16.8 Å². The molecule has 0 aliphatic carbocycles. The lowest BCUT2D eigenvalue weighted by Gasteiger charge is -2.26. The lowest BCUT2D eigenvalue weighted by Crippen LogP contribution is -2.29. The van der Waals surface area contributed by atoms with E-state index < -0.39 is 23.5 Å². The Hall–Kier alpha value is -3.48. The van der Waals surface area contributed by atoms with Gasteiger partial charge >= 0.3 is 0 Å². The van der Waals surface area contributed by atoms with E-state index in [0.29, 0.717) is 29.5 Å². The van der Waals surface area contributed by atoms with E-state index in [1.54, 1.807) is 24.3 Å². The average molecular weight is 540 g/mol. The maximum absolute atomic E-state index is 13.5. The van der Waals surface area contributed by atoms with Gasteiger partial charge in [-0.2, -0.15) is 0 Å². The molecule has 0 radical (unpaired) electrons. The van der Waals surface area contributed by atoms with Crippen molar-refractivity contribution in [1.29, 1.82) is 0 Å². The zero-order valence-corrected chi connectivity index (χ0v) is 22.4. The van der Waals surface area contributed by atoms with Gasteiger partial charge in [0.15, 0.2) is 0 Å². The lowest BCUT2D eigenvalue weighted by atomic mass is 9.93. The van der Waals surface area contributed by atoms with Crippen molar-refractivity contribution in [2.24, 2.45) is 0 Å². The molecule has 8 heteroatoms. The van der Waals surface area contributed by atoms with Crippen molar-refractivity contribution in [1.82, 2.24) is 0 Å². The summed E-state index contributed by atoms with van der Waals surface area (Å²) in [5, 5.41) is 11.9. The number of Topliss-reactive ketones (excluding diaryl/α,β-unsaturated/α-hetero) is 1. The summed E-state index contributed by atoms with van der Waals surface area (Å²) >= 11 is 12.5. The highest BCUT2D eigenvalue weighted by Gasteiger charge is 2.47. The number of benzene rings is 3. The van der Waals surface area contributed by atoms with Gasteiger partial charge in [-0.3, -0.25) is 14.5 Å². The molecule has 0 bridgehead atoms. The Morgan fingerprint density at radius 3 is 2.38 bits per heavy atom. The van der Waals surface area contributed by atoms with Gasteiger partial charge < -0.3 is 14.6 Å². The van der Waals surface area contributed by atoms with Crippen molar-refractivity contribution >= 4 is 46.3 Å². The molecule has 1 aliphatic heterocycles. The van der Waals surface area contributed by atoms with E-state index >= 15 is 0 Å². The van der Waals surface area contributed by atoms with E-state index in [9.17, 15) is 14.7 Å². The molecule has 1 unspecified atom stereocenters. The summed E-state index contributed by atoms with van der Waals surface area (Å²) in [5.41, 5.74) is 2.23. The van der Waals surface area contributed by atoms with Gasteiger partial charge in [-0.15, -0.1) is 0 Å². The summed E-state index contributed by atoms with van der Waals surface area (Å²) in [6.45, 7) is 6.46. The molecule has 1 atom stereocenters. The van der Waals surface area contributed by atoms with E-state index in [-0.39, 0.29) is 26.9 Å². The molecule has 1 fully saturated rings. The Kier molecular flexibility index (Phi) is 7.81. The molecule has 1 heterocycles. The number of halogens is 2. The first kappa shape index (κ1) is 26.6. The van der Waals surface area contributed by atoms with Crippen molar-refractivity contribution in [3.05, 3.63) is 93.0 Å². The fourth-order valence-electron chi connectivity index (χ4n) is 4.46. The lowest BCUT2D eigenvalue weighted by molar-refractivity contribution is -0.132. The number of hydrogen-bond donors (Lipinski definition) is 1. The van der Waals surface area contributed by atoms with E-state index in [0.717, 1.165) is 5.56 Å². The Bertz CT molecular complexity index is 1380. The summed E-state index contributed by atoms with van der Waals surface area (Å²) in [7, 11) is 1.39. The van der Waals surface area contributed by atoms with E-state index in [4.69, 9.17) is 32.7 Å². The molecule has 1 amide bonds. The average Bonchev–Trinajstić information content (AvgIpc) is 3.14. The minimum Gasteiger partial charge on any atom is -0.507 e. The number of ketones is 1. The summed E-state index contributed by atoms with van der Waals surface area (Å²) < 4.78 is 11.0. The van der Waals surface area contributed by atoms with Crippen LogP contribution in [0.2, 0.25) is 10.0 Å². The Morgan fingerprint density at radius 1 is 1.05 bits per heavy atom. The molecule has 0 spiro atoms. The highest BCUT2D eigenvalue weighted by atomic mass is 35.5. The Morgan fingerprint density at radius 2 is 1.76 bits per heavy atom. The molecule has 1 saturated heterocycles. The second kappa shape index (κ2) is 10.9. The van der Waals surface area contributed by atoms with Crippen molar-refractivity contribution in [2.75, 3.05) is 18.6 Å². The third-order valence-electron chi connectivity index (χ3n) is 6.24. The van der Waals surface area contributed by atoms with Crippen LogP contribution in [0.3, 0.4) is 0 Å². The highest BCUT2D eigenvalue weighted by molar-refractivity contribution is 6.52. The number of amides is 1. The predicted octanol–water partition coefficient (Wildman–Crippen LogP) is 7.15. The van der Waals surface area contributed by atoms with Crippen LogP contribution in [0.15, 0.2) is 66.2 Å². The second-order valence-electron chi connectivity index (χ2n) is 8.89. The zero-order chi connectivity index (χ0) is 26.9. The zero-order valence-electron chi connectivity index (χ0n) is 20.9. The summed E-state index contributed by atoms with van der Waals surface area (Å²) in [4.78, 5) is 28.3. The van der Waals surface area contributed by atoms with Crippen LogP contribution < -0.4 is 14.4 Å². The molecule has 1 N–H and O–H groups in total. The van der Waals surface area contributed by atoms with Gasteiger partial charge in [-0.25, -0.2) is 0 Å². The predicted molar refractivity (Wildman–Crippen MR) is 146 cm³/mol. The number of aliphatic hydroxyl groups is 1. The van der Waals surface area contributed by atoms with E-state index in [1.807, 2.05) is 31.2 Å². The number of carbonyl (C=O) groups excluding carboxylic acids is 2. The van der Waals surface area contributed by atoms with E-state index in [2.05, 4.69) is 13.8 Å². The normalized spacial score (nSPS) is 16.9. The second-order valence-corrected chi connectivity index (χ2v) is 9.73. The molecule has 37 heavy (non-hydrogen) atoms. The van der Waals surface area contributed by atoms with Gasteiger partial charge in [-0.05, 0) is 48.2 Å². The van der Waals surface area contributed by atoms with Crippen LogP contribution in [0.5, 0.6) is 11.5 Å². The highest BCUT2D eigenvalue weighted by Crippen LogP contribution is 2.45. The first-order valence-electron chi connectivity index (χ1n) is 11.8. The smallest absolute Gasteiger partial charge is 0.300 e. The van der Waals surface area contributed by atoms with Gasteiger partial charge in [0.25, 0.3) is 11.7 Å². The first-order valence-corrected chi connectivity index (χ1v) is 12.6. The Balaban J connectivity index is 1.98. The largest absolute Gasteiger partial charge is 0.507 e. The fourth-order valence-corrected chi connectivity index (χ4v) is 5.03. The quantitative estimate of drug-likeness (QED) is 0.196. The monoisotopic (exact) mass is 539 g/mol. The van der Waals surface area contributed by atoms with Crippen LogP contribution in [0.25, 0.3) is 5.76 Å². The van der Waals surface area contributed by atoms with Crippen LogP contribution in [-0.4, -0.2) is 30.5 Å². The van der Waals surface area contributed by atoms with Crippen LogP contribution >= 0.6 is 23.2 Å². The minimum absolute atomic E-state index is 0.0965. The molecule has 1 aliphatic rings. The standard InChI is InChI=1S/C29H27Cl2NO5/c1-5-37-21-8-6-7-20(15-21)32-25(18-11-9-17(10-12-18)16(2)3)24(27(34)29(32)35)26(33)22-13-19(30)14-23(31)28(22)36-4/h6-16,25,33H,5H2,1-4H3/b26-24+. The van der Waals surface area contributed by atoms with Gasteiger partial charge in [0.1, 0.15) is 17.3 Å². The van der Waals surface area contributed by atoms with Gasteiger partial charge in [0.2, 0.25) is 0 Å². The number of ether oxygens (including phenoxy) is 2. The molecule has 192 valence electrons. The molecule has 0 saturated carbocycles. The number of methoxy groups -OCH3 is 1. The van der Waals surface area contributed by atoms with Gasteiger partial charge in [0.05, 0.1) is 35.9 Å². The number of nitrogens with zero attached hydrogens (tertiary/aromatic N) is 1. The first-order chi connectivity index (χ1) is 17.7. The van der Waals surface area contributed by atoms with Crippen LogP contribution in [0, 0.1) is 0 Å². The fraction of sp³-hybridized carbons (Fsp3) is 0.241. The molecule has 3 aromatic rings. The molecule has 6 nitrogen and oxygen atoms in total. The maximum atomic E-state index is 13.5. The summed E-state index contributed by atoms with van der Waals surface area (Å²) in [6, 6.07) is 16.6. The van der Waals surface area contributed by atoms with Crippen LogP contribution in [0.1, 0.15) is 49.4 Å². The molecule has 3 aromatic carbocycles. The number of aliphatic hydroxyl groups excluding tert-OH is 1. The SMILES string of the molecule is CCOc1cccc(N2C(=O)C(=O)/C(=C(/O)c3cc(Cl)cc(Cl)c3OC)C2c2ccc(C(C)C)cc2)c1. The third-order valence-corrected chi connectivity index (χ3v) is 6.74. The molecule has 4 rings (SSSR count). The maximum Gasteiger partial charge on any atom is 0.300 e. The van der Waals surface area contributed by atoms with Crippen molar-refractivity contribution in [3.63, 3.8) is 0 Å². The number of hydrogen-bond acceptors (Lipinski definition) is 5.